The minimum Gasteiger partial charge on any atom is -0.396 e. The van der Waals surface area contributed by atoms with Crippen LogP contribution in [0.1, 0.15) is 22.0 Å². The second kappa shape index (κ2) is 8.33. The number of benzene rings is 1. The molecule has 0 bridgehead atoms. The third-order valence-corrected chi connectivity index (χ3v) is 5.28. The van der Waals surface area contributed by atoms with Gasteiger partial charge in [0.1, 0.15) is 5.82 Å². The average molecular weight is 372 g/mol. The number of hydrogen-bond acceptors (Lipinski definition) is 4. The molecule has 2 heterocycles. The van der Waals surface area contributed by atoms with Crippen LogP contribution in [0.15, 0.2) is 36.4 Å². The number of hydrogen-bond donors (Lipinski definition) is 2. The molecule has 0 fully saturated rings. The first-order valence-corrected chi connectivity index (χ1v) is 9.49. The molecule has 7 heteroatoms. The van der Waals surface area contributed by atoms with E-state index in [4.69, 9.17) is 5.11 Å². The summed E-state index contributed by atoms with van der Waals surface area (Å²) in [6.07, 6.45) is 0.560. The molecule has 1 aromatic carbocycles. The van der Waals surface area contributed by atoms with E-state index in [1.54, 1.807) is 16.2 Å². The van der Waals surface area contributed by atoms with E-state index < -0.39 is 0 Å². The summed E-state index contributed by atoms with van der Waals surface area (Å²) >= 11 is 1.69. The molecule has 0 aliphatic rings. The fraction of sp³-hybridized carbons (Fsp3) is 0.368. The minimum absolute atomic E-state index is 0.0675. The summed E-state index contributed by atoms with van der Waals surface area (Å²) in [5.74, 6) is 0.814. The Bertz CT molecular complexity index is 887. The van der Waals surface area contributed by atoms with Gasteiger partial charge >= 0.3 is 6.03 Å². The summed E-state index contributed by atoms with van der Waals surface area (Å²) in [6, 6.07) is 11.9. The molecule has 0 radical (unpaired) electrons. The smallest absolute Gasteiger partial charge is 0.318 e. The van der Waals surface area contributed by atoms with E-state index in [0.717, 1.165) is 21.7 Å². The molecule has 3 rings (SSSR count). The van der Waals surface area contributed by atoms with Crippen molar-refractivity contribution in [2.75, 3.05) is 13.2 Å². The molecule has 0 aliphatic carbocycles. The molecule has 0 aliphatic heterocycles. The molecule has 26 heavy (non-hydrogen) atoms. The number of imidazole rings is 1. The van der Waals surface area contributed by atoms with Crippen molar-refractivity contribution in [3.05, 3.63) is 52.0 Å². The van der Waals surface area contributed by atoms with Crippen molar-refractivity contribution in [1.82, 2.24) is 19.8 Å². The number of fused-ring (bicyclic) bond motifs is 1. The van der Waals surface area contributed by atoms with E-state index in [0.29, 0.717) is 26.1 Å². The van der Waals surface area contributed by atoms with E-state index in [1.165, 1.54) is 4.88 Å². The van der Waals surface area contributed by atoms with Crippen molar-refractivity contribution in [2.45, 2.75) is 26.4 Å². The van der Waals surface area contributed by atoms with Crippen LogP contribution in [0, 0.1) is 6.92 Å². The van der Waals surface area contributed by atoms with Crippen molar-refractivity contribution in [3.8, 4) is 0 Å². The number of aliphatic hydroxyl groups excluding tert-OH is 1. The van der Waals surface area contributed by atoms with Crippen LogP contribution in [0.2, 0.25) is 0 Å². The zero-order chi connectivity index (χ0) is 18.5. The van der Waals surface area contributed by atoms with Crippen molar-refractivity contribution >= 4 is 28.4 Å². The topological polar surface area (TPSA) is 70.4 Å². The minimum atomic E-state index is -0.142. The largest absolute Gasteiger partial charge is 0.396 e. The number of carbonyl (C=O) groups is 1. The van der Waals surface area contributed by atoms with Gasteiger partial charge in [-0.25, -0.2) is 9.78 Å². The Kier molecular flexibility index (Phi) is 5.90. The maximum Gasteiger partial charge on any atom is 0.318 e. The van der Waals surface area contributed by atoms with Gasteiger partial charge in [0.2, 0.25) is 0 Å². The number of carbonyl (C=O) groups excluding carboxylic acids is 1. The Balaban J connectivity index is 1.67. The summed E-state index contributed by atoms with van der Waals surface area (Å²) in [7, 11) is 1.95. The molecule has 0 spiro atoms. The summed E-state index contributed by atoms with van der Waals surface area (Å²) in [5.41, 5.74) is 1.97. The molecule has 0 unspecified atom stereocenters. The molecular formula is C19H24N4O2S. The monoisotopic (exact) mass is 372 g/mol. The van der Waals surface area contributed by atoms with Crippen LogP contribution < -0.4 is 5.32 Å². The second-order valence-electron chi connectivity index (χ2n) is 6.25. The summed E-state index contributed by atoms with van der Waals surface area (Å²) in [4.78, 5) is 21.3. The van der Waals surface area contributed by atoms with E-state index in [2.05, 4.69) is 23.3 Å². The van der Waals surface area contributed by atoms with Crippen LogP contribution in [0.4, 0.5) is 4.79 Å². The first kappa shape index (κ1) is 18.4. The Labute approximate surface area is 157 Å². The number of nitrogens with one attached hydrogen (secondary N) is 1. The highest BCUT2D eigenvalue weighted by molar-refractivity contribution is 7.11. The van der Waals surface area contributed by atoms with Gasteiger partial charge in [0.25, 0.3) is 0 Å². The fourth-order valence-corrected chi connectivity index (χ4v) is 3.80. The Morgan fingerprint density at radius 3 is 2.81 bits per heavy atom. The highest BCUT2D eigenvalue weighted by atomic mass is 32.1. The Hall–Kier alpha value is -2.38. The molecule has 2 aromatic heterocycles. The molecule has 3 aromatic rings. The Morgan fingerprint density at radius 2 is 2.12 bits per heavy atom. The van der Waals surface area contributed by atoms with Crippen LogP contribution in [0.25, 0.3) is 11.0 Å². The van der Waals surface area contributed by atoms with Crippen LogP contribution >= 0.6 is 11.3 Å². The SMILES string of the molecule is Cc1ccc(CN(CCCO)C(=O)NCc2nc3ccccc3n2C)s1. The molecule has 2 N–H and O–H groups in total. The summed E-state index contributed by atoms with van der Waals surface area (Å²) in [5, 5.41) is 12.1. The van der Waals surface area contributed by atoms with Gasteiger partial charge in [-0.2, -0.15) is 0 Å². The van der Waals surface area contributed by atoms with Crippen molar-refractivity contribution in [1.29, 1.82) is 0 Å². The molecule has 0 saturated heterocycles. The predicted molar refractivity (Wildman–Crippen MR) is 104 cm³/mol. The number of urea groups is 1. The quantitative estimate of drug-likeness (QED) is 0.670. The Morgan fingerprint density at radius 1 is 1.31 bits per heavy atom. The van der Waals surface area contributed by atoms with Crippen LogP contribution in [-0.2, 0) is 20.1 Å². The number of aryl methyl sites for hydroxylation is 2. The lowest BCUT2D eigenvalue weighted by Gasteiger charge is -2.22. The van der Waals surface area contributed by atoms with Gasteiger partial charge in [0.15, 0.2) is 0 Å². The number of para-hydroxylation sites is 2. The number of thiophene rings is 1. The van der Waals surface area contributed by atoms with Gasteiger partial charge in [-0.1, -0.05) is 12.1 Å². The van der Waals surface area contributed by atoms with E-state index in [9.17, 15) is 4.79 Å². The molecule has 0 saturated carbocycles. The zero-order valence-corrected chi connectivity index (χ0v) is 15.9. The first-order chi connectivity index (χ1) is 12.6. The summed E-state index contributed by atoms with van der Waals surface area (Å²) in [6.45, 7) is 3.55. The second-order valence-corrected chi connectivity index (χ2v) is 7.62. The van der Waals surface area contributed by atoms with Gasteiger partial charge in [-0.15, -0.1) is 11.3 Å². The maximum absolute atomic E-state index is 12.7. The van der Waals surface area contributed by atoms with Crippen LogP contribution in [-0.4, -0.2) is 38.7 Å². The van der Waals surface area contributed by atoms with E-state index in [-0.39, 0.29) is 12.6 Å². The molecule has 138 valence electrons. The normalized spacial score (nSPS) is 11.0. The van der Waals surface area contributed by atoms with Crippen molar-refractivity contribution < 1.29 is 9.90 Å². The van der Waals surface area contributed by atoms with Crippen LogP contribution in [0.3, 0.4) is 0 Å². The fourth-order valence-electron chi connectivity index (χ4n) is 2.89. The van der Waals surface area contributed by atoms with Gasteiger partial charge in [0, 0.05) is 30.0 Å². The zero-order valence-electron chi connectivity index (χ0n) is 15.1. The highest BCUT2D eigenvalue weighted by Crippen LogP contribution is 2.18. The van der Waals surface area contributed by atoms with E-state index >= 15 is 0 Å². The average Bonchev–Trinajstić information content (AvgIpc) is 3.20. The van der Waals surface area contributed by atoms with Gasteiger partial charge in [-0.3, -0.25) is 0 Å². The van der Waals surface area contributed by atoms with E-state index in [1.807, 2.05) is 41.9 Å². The number of aliphatic hydroxyl groups is 1. The number of rotatable bonds is 7. The molecule has 0 atom stereocenters. The highest BCUT2D eigenvalue weighted by Gasteiger charge is 2.16. The number of nitrogens with zero attached hydrogens (tertiary/aromatic N) is 3. The number of amides is 2. The van der Waals surface area contributed by atoms with Gasteiger partial charge in [0.05, 0.1) is 24.1 Å². The maximum atomic E-state index is 12.7. The predicted octanol–water partition coefficient (Wildman–Crippen LogP) is 3.04. The lowest BCUT2D eigenvalue weighted by Crippen LogP contribution is -2.40. The van der Waals surface area contributed by atoms with Crippen molar-refractivity contribution in [3.63, 3.8) is 0 Å². The standard InChI is InChI=1S/C19H24N4O2S/c1-14-8-9-15(26-14)13-23(10-5-11-24)19(25)20-12-18-21-16-6-3-4-7-17(16)22(18)2/h3-4,6-9,24H,5,10-13H2,1-2H3,(H,20,25). The van der Waals surface area contributed by atoms with Crippen molar-refractivity contribution in [2.24, 2.45) is 7.05 Å². The summed E-state index contributed by atoms with van der Waals surface area (Å²) < 4.78 is 2.00. The molecule has 6 nitrogen and oxygen atoms in total. The first-order valence-electron chi connectivity index (χ1n) is 8.67. The van der Waals surface area contributed by atoms with Crippen LogP contribution in [0.5, 0.6) is 0 Å². The molecule has 2 amide bonds. The molecular weight excluding hydrogens is 348 g/mol. The lowest BCUT2D eigenvalue weighted by molar-refractivity contribution is 0.186. The lowest BCUT2D eigenvalue weighted by atomic mass is 10.3. The number of aromatic nitrogens is 2. The third-order valence-electron chi connectivity index (χ3n) is 4.29. The van der Waals surface area contributed by atoms with Gasteiger partial charge < -0.3 is 19.9 Å². The van der Waals surface area contributed by atoms with Gasteiger partial charge in [-0.05, 0) is 37.6 Å². The third kappa shape index (κ3) is 4.23.